The number of hydrogen-bond acceptors (Lipinski definition) is 4. The Balaban J connectivity index is 1.79. The van der Waals surface area contributed by atoms with Crippen molar-refractivity contribution in [2.75, 3.05) is 5.32 Å². The van der Waals surface area contributed by atoms with Gasteiger partial charge in [-0.3, -0.25) is 0 Å². The van der Waals surface area contributed by atoms with Gasteiger partial charge >= 0.3 is 6.01 Å². The lowest BCUT2D eigenvalue weighted by Crippen LogP contribution is -1.90. The molecule has 0 bridgehead atoms. The Labute approximate surface area is 138 Å². The Bertz CT molecular complexity index is 994. The summed E-state index contributed by atoms with van der Waals surface area (Å²) in [6.45, 7) is 1.92. The first-order valence-electron chi connectivity index (χ1n) is 7.55. The molecule has 0 amide bonds. The van der Waals surface area contributed by atoms with Gasteiger partial charge in [0.25, 0.3) is 0 Å². The number of anilines is 2. The van der Waals surface area contributed by atoms with E-state index in [1.807, 2.05) is 43.3 Å². The lowest BCUT2D eigenvalue weighted by Gasteiger charge is -2.02. The molecule has 0 fully saturated rings. The van der Waals surface area contributed by atoms with Crippen LogP contribution in [0.25, 0.3) is 22.4 Å². The summed E-state index contributed by atoms with van der Waals surface area (Å²) in [5, 5.41) is 3.03. The molecule has 0 aliphatic carbocycles. The first-order valence-corrected chi connectivity index (χ1v) is 7.55. The average molecular weight is 319 g/mol. The zero-order chi connectivity index (χ0) is 16.5. The van der Waals surface area contributed by atoms with Gasteiger partial charge in [-0.25, -0.2) is 9.37 Å². The van der Waals surface area contributed by atoms with Crippen LogP contribution < -0.4 is 5.32 Å². The molecule has 24 heavy (non-hydrogen) atoms. The smallest absolute Gasteiger partial charge is 0.301 e. The molecule has 4 rings (SSSR count). The molecular formula is C19H14FN3O. The minimum Gasteiger partial charge on any atom is -0.404 e. The van der Waals surface area contributed by atoms with Crippen molar-refractivity contribution in [3.63, 3.8) is 0 Å². The van der Waals surface area contributed by atoms with Crippen molar-refractivity contribution in [3.05, 3.63) is 72.2 Å². The second kappa shape index (κ2) is 5.77. The van der Waals surface area contributed by atoms with Crippen molar-refractivity contribution in [1.82, 2.24) is 9.97 Å². The van der Waals surface area contributed by atoms with Crippen LogP contribution >= 0.6 is 0 Å². The van der Waals surface area contributed by atoms with Crippen LogP contribution in [0.3, 0.4) is 0 Å². The molecule has 0 saturated heterocycles. The van der Waals surface area contributed by atoms with E-state index in [0.29, 0.717) is 22.9 Å². The number of nitrogens with zero attached hydrogens (tertiary/aromatic N) is 2. The van der Waals surface area contributed by atoms with Gasteiger partial charge in [0, 0.05) is 16.9 Å². The number of benzene rings is 2. The minimum absolute atomic E-state index is 0.290. The molecule has 0 aliphatic heterocycles. The molecule has 1 N–H and O–H groups in total. The van der Waals surface area contributed by atoms with Crippen LogP contribution in [-0.2, 0) is 0 Å². The second-order valence-electron chi connectivity index (χ2n) is 5.48. The number of halogens is 1. The van der Waals surface area contributed by atoms with Crippen LogP contribution in [0.2, 0.25) is 0 Å². The maximum atomic E-state index is 13.0. The molecular weight excluding hydrogens is 305 g/mol. The van der Waals surface area contributed by atoms with E-state index in [2.05, 4.69) is 15.3 Å². The molecule has 118 valence electrons. The van der Waals surface area contributed by atoms with Crippen LogP contribution in [0.1, 0.15) is 5.69 Å². The molecule has 5 heteroatoms. The van der Waals surface area contributed by atoms with Crippen molar-refractivity contribution in [2.45, 2.75) is 6.92 Å². The average Bonchev–Trinajstić information content (AvgIpc) is 2.99. The fourth-order valence-corrected chi connectivity index (χ4v) is 2.58. The Kier molecular flexibility index (Phi) is 3.46. The molecule has 4 nitrogen and oxygen atoms in total. The number of fused-ring (bicyclic) bond motifs is 1. The summed E-state index contributed by atoms with van der Waals surface area (Å²) in [6.07, 6.45) is 0. The van der Waals surface area contributed by atoms with Gasteiger partial charge in [-0.05, 0) is 42.8 Å². The fraction of sp³-hybridized carbons (Fsp3) is 0.0526. The number of aromatic nitrogens is 2. The number of aryl methyl sites for hydroxylation is 1. The predicted octanol–water partition coefficient (Wildman–Crippen LogP) is 5.08. The number of oxazole rings is 1. The number of nitrogens with one attached hydrogen (secondary N) is 1. The monoisotopic (exact) mass is 319 g/mol. The summed E-state index contributed by atoms with van der Waals surface area (Å²) < 4.78 is 18.7. The third kappa shape index (κ3) is 2.72. The van der Waals surface area contributed by atoms with Gasteiger partial charge in [0.05, 0.1) is 0 Å². The molecule has 0 aliphatic rings. The summed E-state index contributed by atoms with van der Waals surface area (Å²) in [4.78, 5) is 8.92. The summed E-state index contributed by atoms with van der Waals surface area (Å²) in [7, 11) is 0. The van der Waals surface area contributed by atoms with Gasteiger partial charge in [0.2, 0.25) is 5.71 Å². The van der Waals surface area contributed by atoms with Crippen LogP contribution in [-0.4, -0.2) is 9.97 Å². The first kappa shape index (κ1) is 14.4. The zero-order valence-corrected chi connectivity index (χ0v) is 13.0. The summed E-state index contributed by atoms with van der Waals surface area (Å²) in [5.41, 5.74) is 4.73. The second-order valence-corrected chi connectivity index (χ2v) is 5.48. The van der Waals surface area contributed by atoms with Crippen LogP contribution in [0.15, 0.2) is 65.1 Å². The topological polar surface area (TPSA) is 51.0 Å². The normalized spacial score (nSPS) is 10.9. The molecule has 2 aromatic carbocycles. The molecule has 0 unspecified atom stereocenters. The largest absolute Gasteiger partial charge is 0.404 e. The summed E-state index contributed by atoms with van der Waals surface area (Å²) >= 11 is 0. The molecule has 0 radical (unpaired) electrons. The predicted molar refractivity (Wildman–Crippen MR) is 91.7 cm³/mol. The van der Waals surface area contributed by atoms with Crippen LogP contribution in [0, 0.1) is 12.7 Å². The molecule has 4 aromatic rings. The Hall–Kier alpha value is -3.21. The van der Waals surface area contributed by atoms with Crippen molar-refractivity contribution < 1.29 is 8.81 Å². The minimum atomic E-state index is -0.290. The van der Waals surface area contributed by atoms with Crippen molar-refractivity contribution in [1.29, 1.82) is 0 Å². The van der Waals surface area contributed by atoms with E-state index in [4.69, 9.17) is 4.42 Å². The van der Waals surface area contributed by atoms with Crippen LogP contribution in [0.5, 0.6) is 0 Å². The third-order valence-electron chi connectivity index (χ3n) is 3.68. The zero-order valence-electron chi connectivity index (χ0n) is 13.0. The first-order chi connectivity index (χ1) is 11.7. The van der Waals surface area contributed by atoms with E-state index >= 15 is 0 Å². The highest BCUT2D eigenvalue weighted by molar-refractivity contribution is 5.90. The van der Waals surface area contributed by atoms with Crippen molar-refractivity contribution >= 4 is 22.9 Å². The lowest BCUT2D eigenvalue weighted by atomic mass is 10.1. The quantitative estimate of drug-likeness (QED) is 0.572. The van der Waals surface area contributed by atoms with E-state index in [-0.39, 0.29) is 5.82 Å². The summed E-state index contributed by atoms with van der Waals surface area (Å²) in [6, 6.07) is 18.3. The van der Waals surface area contributed by atoms with Gasteiger partial charge in [-0.1, -0.05) is 30.3 Å². The van der Waals surface area contributed by atoms with Gasteiger partial charge in [-0.2, -0.15) is 4.98 Å². The molecule has 2 aromatic heterocycles. The fourth-order valence-electron chi connectivity index (χ4n) is 2.58. The number of hydrogen-bond donors (Lipinski definition) is 1. The number of rotatable bonds is 3. The van der Waals surface area contributed by atoms with Crippen molar-refractivity contribution in [2.24, 2.45) is 0 Å². The highest BCUT2D eigenvalue weighted by Crippen LogP contribution is 2.30. The van der Waals surface area contributed by atoms with E-state index in [1.54, 1.807) is 12.1 Å². The van der Waals surface area contributed by atoms with Gasteiger partial charge in [0.15, 0.2) is 0 Å². The van der Waals surface area contributed by atoms with E-state index in [9.17, 15) is 4.39 Å². The molecule has 0 atom stereocenters. The summed E-state index contributed by atoms with van der Waals surface area (Å²) in [5.74, 6) is -0.290. The van der Waals surface area contributed by atoms with E-state index in [0.717, 1.165) is 16.8 Å². The Morgan fingerprint density at radius 1 is 0.958 bits per heavy atom. The van der Waals surface area contributed by atoms with Gasteiger partial charge < -0.3 is 9.73 Å². The molecule has 0 saturated carbocycles. The maximum Gasteiger partial charge on any atom is 0.301 e. The molecule has 2 heterocycles. The Morgan fingerprint density at radius 3 is 2.46 bits per heavy atom. The SMILES string of the molecule is Cc1cc(-c2ccccc2)c2nc(Nc3ccc(F)cc3)oc2n1. The number of pyridine rings is 1. The van der Waals surface area contributed by atoms with Gasteiger partial charge in [0.1, 0.15) is 11.3 Å². The highest BCUT2D eigenvalue weighted by Gasteiger charge is 2.14. The Morgan fingerprint density at radius 2 is 1.71 bits per heavy atom. The maximum absolute atomic E-state index is 13.0. The van der Waals surface area contributed by atoms with Crippen LogP contribution in [0.4, 0.5) is 16.1 Å². The lowest BCUT2D eigenvalue weighted by molar-refractivity contribution is 0.609. The van der Waals surface area contributed by atoms with E-state index < -0.39 is 0 Å². The third-order valence-corrected chi connectivity index (χ3v) is 3.68. The highest BCUT2D eigenvalue weighted by atomic mass is 19.1. The molecule has 0 spiro atoms. The van der Waals surface area contributed by atoms with Gasteiger partial charge in [-0.15, -0.1) is 0 Å². The van der Waals surface area contributed by atoms with Crippen molar-refractivity contribution in [3.8, 4) is 11.1 Å². The standard InChI is InChI=1S/C19H14FN3O/c1-12-11-16(13-5-3-2-4-6-13)17-18(21-12)24-19(23-17)22-15-9-7-14(20)8-10-15/h2-11H,1H3,(H,22,23). The van der Waals surface area contributed by atoms with E-state index in [1.165, 1.54) is 12.1 Å².